The Kier molecular flexibility index (Phi) is 6.90. The zero-order valence-corrected chi connectivity index (χ0v) is 14.3. The third-order valence-electron chi connectivity index (χ3n) is 3.33. The number of hydrogen-bond donors (Lipinski definition) is 1. The lowest BCUT2D eigenvalue weighted by Gasteiger charge is -2.35. The highest BCUT2D eigenvalue weighted by atomic mass is 79.9. The van der Waals surface area contributed by atoms with Crippen molar-refractivity contribution in [1.29, 1.82) is 0 Å². The number of carbonyl (C=O) groups is 1. The van der Waals surface area contributed by atoms with Crippen molar-refractivity contribution in [2.24, 2.45) is 0 Å². The maximum absolute atomic E-state index is 13.0. The smallest absolute Gasteiger partial charge is 0.263 e. The number of rotatable bonds is 3. The summed E-state index contributed by atoms with van der Waals surface area (Å²) in [5.74, 6) is 0.0733. The van der Waals surface area contributed by atoms with E-state index < -0.39 is 6.10 Å². The molecule has 21 heavy (non-hydrogen) atoms. The fourth-order valence-electron chi connectivity index (χ4n) is 2.21. The third-order valence-corrected chi connectivity index (χ3v) is 3.95. The van der Waals surface area contributed by atoms with Crippen LogP contribution in [0.3, 0.4) is 0 Å². The monoisotopic (exact) mass is 380 g/mol. The molecule has 1 saturated heterocycles. The van der Waals surface area contributed by atoms with Crippen LogP contribution in [-0.2, 0) is 4.79 Å². The molecule has 2 atom stereocenters. The highest BCUT2D eigenvalue weighted by Gasteiger charge is 2.28. The molecule has 1 N–H and O–H groups in total. The van der Waals surface area contributed by atoms with E-state index in [4.69, 9.17) is 4.74 Å². The molecule has 118 valence electrons. The minimum absolute atomic E-state index is 0. The van der Waals surface area contributed by atoms with E-state index in [-0.39, 0.29) is 30.2 Å². The zero-order valence-electron chi connectivity index (χ0n) is 11.9. The molecule has 0 saturated carbocycles. The minimum Gasteiger partial charge on any atom is -0.480 e. The maximum Gasteiger partial charge on any atom is 0.263 e. The van der Waals surface area contributed by atoms with Gasteiger partial charge in [-0.05, 0) is 48.0 Å². The summed E-state index contributed by atoms with van der Waals surface area (Å²) in [6, 6.07) is 4.30. The Morgan fingerprint density at radius 2 is 2.29 bits per heavy atom. The molecule has 0 aliphatic carbocycles. The number of piperazine rings is 1. The van der Waals surface area contributed by atoms with Gasteiger partial charge in [-0.2, -0.15) is 0 Å². The van der Waals surface area contributed by atoms with E-state index in [0.29, 0.717) is 16.8 Å². The molecule has 0 radical (unpaired) electrons. The van der Waals surface area contributed by atoms with Crippen LogP contribution in [0.4, 0.5) is 4.39 Å². The fourth-order valence-corrected chi connectivity index (χ4v) is 2.66. The van der Waals surface area contributed by atoms with Crippen LogP contribution in [0.25, 0.3) is 0 Å². The third kappa shape index (κ3) is 4.56. The van der Waals surface area contributed by atoms with Gasteiger partial charge in [0.15, 0.2) is 6.10 Å². The highest BCUT2D eigenvalue weighted by molar-refractivity contribution is 9.10. The first kappa shape index (κ1) is 18.2. The minimum atomic E-state index is -0.600. The average molecular weight is 382 g/mol. The largest absolute Gasteiger partial charge is 0.480 e. The van der Waals surface area contributed by atoms with Crippen molar-refractivity contribution in [2.45, 2.75) is 26.0 Å². The Hall–Kier alpha value is -0.850. The highest BCUT2D eigenvalue weighted by Crippen LogP contribution is 2.26. The summed E-state index contributed by atoms with van der Waals surface area (Å²) in [6.45, 7) is 5.98. The molecule has 1 heterocycles. The summed E-state index contributed by atoms with van der Waals surface area (Å²) in [7, 11) is 0. The molecular weight excluding hydrogens is 363 g/mol. The van der Waals surface area contributed by atoms with E-state index in [1.165, 1.54) is 18.2 Å². The Labute approximate surface area is 138 Å². The number of hydrogen-bond acceptors (Lipinski definition) is 3. The summed E-state index contributed by atoms with van der Waals surface area (Å²) in [4.78, 5) is 14.2. The summed E-state index contributed by atoms with van der Waals surface area (Å²) in [5, 5.41) is 3.24. The van der Waals surface area contributed by atoms with Crippen LogP contribution in [0.15, 0.2) is 22.7 Å². The average Bonchev–Trinajstić information content (AvgIpc) is 2.41. The molecule has 0 aromatic heterocycles. The van der Waals surface area contributed by atoms with Crippen LogP contribution in [0.2, 0.25) is 0 Å². The lowest BCUT2D eigenvalue weighted by Crippen LogP contribution is -2.55. The molecule has 4 nitrogen and oxygen atoms in total. The second kappa shape index (κ2) is 7.96. The van der Waals surface area contributed by atoms with Crippen molar-refractivity contribution >= 4 is 34.2 Å². The van der Waals surface area contributed by atoms with Crippen molar-refractivity contribution in [2.75, 3.05) is 19.6 Å². The maximum atomic E-state index is 13.0. The Balaban J connectivity index is 0.00000220. The van der Waals surface area contributed by atoms with Gasteiger partial charge < -0.3 is 15.0 Å². The first-order chi connectivity index (χ1) is 9.49. The molecule has 1 aromatic rings. The topological polar surface area (TPSA) is 41.6 Å². The van der Waals surface area contributed by atoms with Gasteiger partial charge in [0.05, 0.1) is 4.47 Å². The molecule has 0 bridgehead atoms. The van der Waals surface area contributed by atoms with Crippen LogP contribution in [0.1, 0.15) is 13.8 Å². The molecule has 2 unspecified atom stereocenters. The molecule has 1 aliphatic heterocycles. The molecule has 0 spiro atoms. The van der Waals surface area contributed by atoms with Crippen LogP contribution < -0.4 is 10.1 Å². The lowest BCUT2D eigenvalue weighted by atomic mass is 10.2. The number of nitrogens with zero attached hydrogens (tertiary/aromatic N) is 1. The van der Waals surface area contributed by atoms with E-state index in [1.54, 1.807) is 6.92 Å². The van der Waals surface area contributed by atoms with Gasteiger partial charge in [0, 0.05) is 25.7 Å². The molecular formula is C14H19BrClFN2O2. The lowest BCUT2D eigenvalue weighted by molar-refractivity contribution is -0.140. The number of halogens is 3. The Morgan fingerprint density at radius 1 is 1.57 bits per heavy atom. The predicted molar refractivity (Wildman–Crippen MR) is 85.5 cm³/mol. The standard InChI is InChI=1S/C14H18BrFN2O2.ClH/c1-9-8-17-5-6-18(9)14(19)10(2)20-13-4-3-11(16)7-12(13)15;/h3-4,7,9-10,17H,5-6,8H2,1-2H3;1H. The van der Waals surface area contributed by atoms with E-state index in [2.05, 4.69) is 21.2 Å². The van der Waals surface area contributed by atoms with Crippen molar-refractivity contribution in [3.63, 3.8) is 0 Å². The first-order valence-electron chi connectivity index (χ1n) is 6.62. The van der Waals surface area contributed by atoms with Crippen molar-refractivity contribution in [1.82, 2.24) is 10.2 Å². The molecule has 1 amide bonds. The van der Waals surface area contributed by atoms with Crippen LogP contribution in [0, 0.1) is 5.82 Å². The summed E-state index contributed by atoms with van der Waals surface area (Å²) >= 11 is 3.23. The van der Waals surface area contributed by atoms with E-state index in [0.717, 1.165) is 13.1 Å². The van der Waals surface area contributed by atoms with Crippen LogP contribution >= 0.6 is 28.3 Å². The van der Waals surface area contributed by atoms with Crippen LogP contribution in [-0.4, -0.2) is 42.6 Å². The second-order valence-electron chi connectivity index (χ2n) is 4.92. The summed E-state index contributed by atoms with van der Waals surface area (Å²) in [5.41, 5.74) is 0. The summed E-state index contributed by atoms with van der Waals surface area (Å²) < 4.78 is 19.2. The Bertz CT molecular complexity index is 504. The van der Waals surface area contributed by atoms with E-state index in [1.807, 2.05) is 11.8 Å². The van der Waals surface area contributed by atoms with E-state index in [9.17, 15) is 9.18 Å². The van der Waals surface area contributed by atoms with E-state index >= 15 is 0 Å². The number of nitrogens with one attached hydrogen (secondary N) is 1. The second-order valence-corrected chi connectivity index (χ2v) is 5.77. The van der Waals surface area contributed by atoms with Crippen molar-refractivity contribution < 1.29 is 13.9 Å². The van der Waals surface area contributed by atoms with Gasteiger partial charge in [0.25, 0.3) is 5.91 Å². The van der Waals surface area contributed by atoms with Crippen molar-refractivity contribution in [3.05, 3.63) is 28.5 Å². The predicted octanol–water partition coefficient (Wildman–Crippen LogP) is 2.60. The SMILES string of the molecule is CC(Oc1ccc(F)cc1Br)C(=O)N1CCNCC1C.Cl. The quantitative estimate of drug-likeness (QED) is 0.875. The first-order valence-corrected chi connectivity index (χ1v) is 7.41. The number of amides is 1. The van der Waals surface area contributed by atoms with Crippen LogP contribution in [0.5, 0.6) is 5.75 Å². The van der Waals surface area contributed by atoms with Gasteiger partial charge in [0.1, 0.15) is 11.6 Å². The molecule has 1 aliphatic rings. The normalized spacial score (nSPS) is 19.6. The van der Waals surface area contributed by atoms with Gasteiger partial charge in [-0.15, -0.1) is 12.4 Å². The van der Waals surface area contributed by atoms with Gasteiger partial charge in [-0.3, -0.25) is 4.79 Å². The van der Waals surface area contributed by atoms with Crippen molar-refractivity contribution in [3.8, 4) is 5.75 Å². The number of benzene rings is 1. The molecule has 7 heteroatoms. The van der Waals surface area contributed by atoms with Gasteiger partial charge >= 0.3 is 0 Å². The number of carbonyl (C=O) groups excluding carboxylic acids is 1. The Morgan fingerprint density at radius 3 is 2.90 bits per heavy atom. The zero-order chi connectivity index (χ0) is 14.7. The molecule has 1 aromatic carbocycles. The summed E-state index contributed by atoms with van der Waals surface area (Å²) in [6.07, 6.45) is -0.600. The number of ether oxygens (including phenoxy) is 1. The molecule has 1 fully saturated rings. The van der Waals surface area contributed by atoms with Gasteiger partial charge in [-0.1, -0.05) is 0 Å². The fraction of sp³-hybridized carbons (Fsp3) is 0.500. The molecule has 2 rings (SSSR count). The van der Waals surface area contributed by atoms with Gasteiger partial charge in [-0.25, -0.2) is 4.39 Å². The van der Waals surface area contributed by atoms with Gasteiger partial charge in [0.2, 0.25) is 0 Å².